The summed E-state index contributed by atoms with van der Waals surface area (Å²) in [5.74, 6) is -0.682. The molecule has 0 saturated heterocycles. The number of hydrogen-bond donors (Lipinski definition) is 3. The fourth-order valence-corrected chi connectivity index (χ4v) is 3.35. The van der Waals surface area contributed by atoms with Crippen molar-refractivity contribution in [2.45, 2.75) is 46.1 Å². The van der Waals surface area contributed by atoms with Crippen molar-refractivity contribution in [2.75, 3.05) is 12.4 Å². The molecule has 1 aliphatic carbocycles. The molecule has 136 valence electrons. The predicted octanol–water partition coefficient (Wildman–Crippen LogP) is 2.23. The average Bonchev–Trinajstić information content (AvgIpc) is 2.60. The van der Waals surface area contributed by atoms with Crippen LogP contribution in [0.3, 0.4) is 0 Å². The summed E-state index contributed by atoms with van der Waals surface area (Å²) in [5, 5.41) is 8.03. The van der Waals surface area contributed by atoms with Gasteiger partial charge in [-0.1, -0.05) is 32.8 Å². The van der Waals surface area contributed by atoms with Crippen LogP contribution in [0.1, 0.15) is 49.0 Å². The number of carbonyl (C=O) groups is 3. The molecule has 1 aromatic carbocycles. The van der Waals surface area contributed by atoms with Crippen molar-refractivity contribution in [1.29, 1.82) is 0 Å². The van der Waals surface area contributed by atoms with Gasteiger partial charge in [-0.15, -0.1) is 0 Å². The minimum atomic E-state index is -0.706. The molecule has 25 heavy (non-hydrogen) atoms. The Balaban J connectivity index is 2.04. The summed E-state index contributed by atoms with van der Waals surface area (Å²) in [6.45, 7) is 6.03. The average molecular weight is 345 g/mol. The molecule has 6 nitrogen and oxygen atoms in total. The zero-order valence-corrected chi connectivity index (χ0v) is 15.3. The predicted molar refractivity (Wildman–Crippen MR) is 97.3 cm³/mol. The third-order valence-corrected chi connectivity index (χ3v) is 5.28. The van der Waals surface area contributed by atoms with Crippen molar-refractivity contribution in [3.05, 3.63) is 29.3 Å². The van der Waals surface area contributed by atoms with Gasteiger partial charge in [0.2, 0.25) is 0 Å². The lowest BCUT2D eigenvalue weighted by Gasteiger charge is -2.34. The van der Waals surface area contributed by atoms with E-state index in [1.165, 1.54) is 0 Å². The Bertz CT molecular complexity index is 672. The molecule has 6 heteroatoms. The number of benzene rings is 1. The van der Waals surface area contributed by atoms with E-state index >= 15 is 0 Å². The number of anilines is 1. The highest BCUT2D eigenvalue weighted by Crippen LogP contribution is 2.29. The molecule has 0 spiro atoms. The van der Waals surface area contributed by atoms with Crippen LogP contribution < -0.4 is 16.0 Å². The van der Waals surface area contributed by atoms with Crippen molar-refractivity contribution in [3.8, 4) is 0 Å². The van der Waals surface area contributed by atoms with E-state index in [1.54, 1.807) is 32.2 Å². The van der Waals surface area contributed by atoms with Crippen molar-refractivity contribution in [2.24, 2.45) is 11.8 Å². The van der Waals surface area contributed by atoms with Gasteiger partial charge in [-0.2, -0.15) is 0 Å². The quantitative estimate of drug-likeness (QED) is 0.734. The van der Waals surface area contributed by atoms with Crippen molar-refractivity contribution < 1.29 is 14.4 Å². The Morgan fingerprint density at radius 1 is 1.08 bits per heavy atom. The van der Waals surface area contributed by atoms with Crippen molar-refractivity contribution in [3.63, 3.8) is 0 Å². The second kappa shape index (κ2) is 8.14. The SMILES string of the molecule is CNC(=O)c1cccc(NC(=O)C(=O)N[C@@H]2CCC[C@H](C)[C@@H]2C)c1C. The van der Waals surface area contributed by atoms with Gasteiger partial charge in [-0.05, 0) is 42.9 Å². The Labute approximate surface area is 148 Å². The monoisotopic (exact) mass is 345 g/mol. The maximum Gasteiger partial charge on any atom is 0.313 e. The molecule has 3 atom stereocenters. The van der Waals surface area contributed by atoms with Gasteiger partial charge in [0.05, 0.1) is 0 Å². The number of carbonyl (C=O) groups excluding carboxylic acids is 3. The molecule has 0 radical (unpaired) electrons. The number of nitrogens with one attached hydrogen (secondary N) is 3. The molecule has 1 fully saturated rings. The summed E-state index contributed by atoms with van der Waals surface area (Å²) < 4.78 is 0. The summed E-state index contributed by atoms with van der Waals surface area (Å²) in [4.78, 5) is 36.3. The molecule has 3 amide bonds. The normalized spacial score (nSPS) is 22.8. The Hall–Kier alpha value is -2.37. The second-order valence-electron chi connectivity index (χ2n) is 6.86. The van der Waals surface area contributed by atoms with Crippen LogP contribution in [0.4, 0.5) is 5.69 Å². The van der Waals surface area contributed by atoms with E-state index in [0.29, 0.717) is 28.7 Å². The van der Waals surface area contributed by atoms with Gasteiger partial charge in [-0.3, -0.25) is 14.4 Å². The van der Waals surface area contributed by atoms with E-state index in [9.17, 15) is 14.4 Å². The van der Waals surface area contributed by atoms with E-state index in [1.807, 2.05) is 0 Å². The number of amides is 3. The maximum atomic E-state index is 12.3. The molecule has 1 aliphatic rings. The summed E-state index contributed by atoms with van der Waals surface area (Å²) in [6.07, 6.45) is 3.12. The molecular formula is C19H27N3O3. The third kappa shape index (κ3) is 4.38. The van der Waals surface area contributed by atoms with Gasteiger partial charge in [-0.25, -0.2) is 0 Å². The summed E-state index contributed by atoms with van der Waals surface area (Å²) in [5.41, 5.74) is 1.56. The summed E-state index contributed by atoms with van der Waals surface area (Å²) in [7, 11) is 1.55. The van der Waals surface area contributed by atoms with Crippen LogP contribution in [0.2, 0.25) is 0 Å². The van der Waals surface area contributed by atoms with Gasteiger partial charge in [0.15, 0.2) is 0 Å². The Kier molecular flexibility index (Phi) is 6.17. The minimum absolute atomic E-state index is 0.0281. The lowest BCUT2D eigenvalue weighted by Crippen LogP contribution is -2.47. The van der Waals surface area contributed by atoms with Crippen LogP contribution in [0.25, 0.3) is 0 Å². The zero-order valence-electron chi connectivity index (χ0n) is 15.3. The van der Waals surface area contributed by atoms with Crippen molar-refractivity contribution in [1.82, 2.24) is 10.6 Å². The second-order valence-corrected chi connectivity index (χ2v) is 6.86. The van der Waals surface area contributed by atoms with Crippen LogP contribution >= 0.6 is 0 Å². The highest BCUT2D eigenvalue weighted by molar-refractivity contribution is 6.39. The van der Waals surface area contributed by atoms with E-state index in [-0.39, 0.29) is 11.9 Å². The lowest BCUT2D eigenvalue weighted by atomic mass is 9.78. The molecule has 0 bridgehead atoms. The molecule has 0 aromatic heterocycles. The van der Waals surface area contributed by atoms with Gasteiger partial charge in [0.1, 0.15) is 0 Å². The van der Waals surface area contributed by atoms with Crippen LogP contribution in [0.15, 0.2) is 18.2 Å². The minimum Gasteiger partial charge on any atom is -0.355 e. The first kappa shape index (κ1) is 19.0. The Morgan fingerprint density at radius 3 is 2.48 bits per heavy atom. The van der Waals surface area contributed by atoms with E-state index < -0.39 is 11.8 Å². The molecule has 0 heterocycles. The van der Waals surface area contributed by atoms with Crippen LogP contribution in [-0.2, 0) is 9.59 Å². The van der Waals surface area contributed by atoms with Gasteiger partial charge < -0.3 is 16.0 Å². The maximum absolute atomic E-state index is 12.3. The largest absolute Gasteiger partial charge is 0.355 e. The van der Waals surface area contributed by atoms with Gasteiger partial charge in [0, 0.05) is 24.3 Å². The molecule has 2 rings (SSSR count). The fraction of sp³-hybridized carbons (Fsp3) is 0.526. The first-order valence-electron chi connectivity index (χ1n) is 8.78. The summed E-state index contributed by atoms with van der Waals surface area (Å²) >= 11 is 0. The van der Waals surface area contributed by atoms with Crippen LogP contribution in [0, 0.1) is 18.8 Å². The number of hydrogen-bond acceptors (Lipinski definition) is 3. The topological polar surface area (TPSA) is 87.3 Å². The highest BCUT2D eigenvalue weighted by Gasteiger charge is 2.29. The molecular weight excluding hydrogens is 318 g/mol. The Morgan fingerprint density at radius 2 is 1.80 bits per heavy atom. The van der Waals surface area contributed by atoms with Crippen LogP contribution in [0.5, 0.6) is 0 Å². The lowest BCUT2D eigenvalue weighted by molar-refractivity contribution is -0.137. The van der Waals surface area contributed by atoms with E-state index in [0.717, 1.165) is 19.3 Å². The highest BCUT2D eigenvalue weighted by atomic mass is 16.2. The molecule has 0 unspecified atom stereocenters. The van der Waals surface area contributed by atoms with E-state index in [2.05, 4.69) is 29.8 Å². The van der Waals surface area contributed by atoms with E-state index in [4.69, 9.17) is 0 Å². The van der Waals surface area contributed by atoms with Crippen LogP contribution in [-0.4, -0.2) is 30.8 Å². The zero-order chi connectivity index (χ0) is 18.6. The number of rotatable bonds is 3. The smallest absolute Gasteiger partial charge is 0.313 e. The molecule has 0 aliphatic heterocycles. The molecule has 3 N–H and O–H groups in total. The first-order chi connectivity index (χ1) is 11.8. The fourth-order valence-electron chi connectivity index (χ4n) is 3.35. The van der Waals surface area contributed by atoms with Gasteiger partial charge in [0.25, 0.3) is 5.91 Å². The molecule has 1 aromatic rings. The standard InChI is InChI=1S/C19H27N3O3/c1-11-7-5-9-15(12(11)2)21-18(24)19(25)22-16-10-6-8-14(13(16)3)17(23)20-4/h6,8,10-12,15H,5,7,9H2,1-4H3,(H,20,23)(H,21,24)(H,22,25)/t11-,12-,15+/m0/s1. The molecule has 1 saturated carbocycles. The van der Waals surface area contributed by atoms with Gasteiger partial charge >= 0.3 is 11.8 Å². The summed E-state index contributed by atoms with van der Waals surface area (Å²) in [6, 6.07) is 5.06. The van der Waals surface area contributed by atoms with Crippen molar-refractivity contribution >= 4 is 23.4 Å². The first-order valence-corrected chi connectivity index (χ1v) is 8.78. The third-order valence-electron chi connectivity index (χ3n) is 5.28.